The lowest BCUT2D eigenvalue weighted by Crippen LogP contribution is -2.07. The van der Waals surface area contributed by atoms with Gasteiger partial charge in [-0.2, -0.15) is 5.10 Å². The maximum Gasteiger partial charge on any atom is 0.129 e. The van der Waals surface area contributed by atoms with Gasteiger partial charge in [0, 0.05) is 36.4 Å². The topological polar surface area (TPSA) is 64.9 Å². The van der Waals surface area contributed by atoms with Crippen molar-refractivity contribution in [2.24, 2.45) is 0 Å². The van der Waals surface area contributed by atoms with E-state index in [1.807, 2.05) is 24.6 Å². The molecule has 0 radical (unpaired) electrons. The van der Waals surface area contributed by atoms with Crippen LogP contribution in [-0.4, -0.2) is 33.0 Å². The molecule has 0 unspecified atom stereocenters. The minimum atomic E-state index is -0.255. The average molecular weight is 367 g/mol. The van der Waals surface area contributed by atoms with E-state index >= 15 is 0 Å². The molecule has 1 aliphatic heterocycles. The Balaban J connectivity index is 1.52. The smallest absolute Gasteiger partial charge is 0.129 e. The first-order chi connectivity index (χ1) is 13.1. The zero-order chi connectivity index (χ0) is 18.8. The van der Waals surface area contributed by atoms with Crippen molar-refractivity contribution in [1.82, 2.24) is 19.7 Å². The molecule has 1 fully saturated rings. The van der Waals surface area contributed by atoms with Crippen molar-refractivity contribution in [3.8, 4) is 5.69 Å². The first-order valence-electron chi connectivity index (χ1n) is 9.06. The molecule has 27 heavy (non-hydrogen) atoms. The predicted octanol–water partition coefficient (Wildman–Crippen LogP) is 3.53. The van der Waals surface area contributed by atoms with Crippen LogP contribution in [0.5, 0.6) is 0 Å². The molecule has 4 rings (SSSR count). The number of aryl methyl sites for hydroxylation is 1. The summed E-state index contributed by atoms with van der Waals surface area (Å²) in [6.45, 7) is 6.11. The Labute approximate surface area is 157 Å². The summed E-state index contributed by atoms with van der Waals surface area (Å²) < 4.78 is 20.5. The molecule has 0 amide bonds. The summed E-state index contributed by atoms with van der Waals surface area (Å²) in [4.78, 5) is 8.71. The summed E-state index contributed by atoms with van der Waals surface area (Å²) in [5.74, 6) is 0.882. The Kier molecular flexibility index (Phi) is 4.85. The summed E-state index contributed by atoms with van der Waals surface area (Å²) >= 11 is 0. The highest BCUT2D eigenvalue weighted by atomic mass is 19.1. The molecular weight excluding hydrogens is 345 g/mol. The number of ether oxygens (including phenoxy) is 1. The minimum Gasteiger partial charge on any atom is -0.381 e. The quantitative estimate of drug-likeness (QED) is 0.747. The maximum absolute atomic E-state index is 13.2. The van der Waals surface area contributed by atoms with Crippen LogP contribution in [0.3, 0.4) is 0 Å². The van der Waals surface area contributed by atoms with E-state index in [9.17, 15) is 4.39 Å². The van der Waals surface area contributed by atoms with E-state index in [1.165, 1.54) is 12.1 Å². The Hall–Kier alpha value is -2.80. The van der Waals surface area contributed by atoms with Crippen molar-refractivity contribution in [2.75, 3.05) is 18.5 Å². The standard InChI is InChI=1S/C20H22FN5O/c1-13-18(14(2)26(25-13)17-5-3-16(21)4-6-17)10-22-20-9-19(23-12-24-20)15-7-8-27-11-15/h3-6,9,12,15H,7-8,10-11H2,1-2H3,(H,22,23,24)/t15-/m0/s1. The number of anilines is 1. The summed E-state index contributed by atoms with van der Waals surface area (Å²) in [6.07, 6.45) is 2.59. The van der Waals surface area contributed by atoms with Crippen LogP contribution in [0.15, 0.2) is 36.7 Å². The van der Waals surface area contributed by atoms with Crippen molar-refractivity contribution in [3.63, 3.8) is 0 Å². The summed E-state index contributed by atoms with van der Waals surface area (Å²) in [6, 6.07) is 8.34. The Bertz CT molecular complexity index is 932. The van der Waals surface area contributed by atoms with E-state index in [0.717, 1.165) is 53.8 Å². The summed E-state index contributed by atoms with van der Waals surface area (Å²) in [5, 5.41) is 7.98. The largest absolute Gasteiger partial charge is 0.381 e. The second-order valence-corrected chi connectivity index (χ2v) is 6.78. The molecular formula is C20H22FN5O. The van der Waals surface area contributed by atoms with E-state index in [0.29, 0.717) is 12.5 Å². The fourth-order valence-electron chi connectivity index (χ4n) is 3.40. The predicted molar refractivity (Wildman–Crippen MR) is 101 cm³/mol. The van der Waals surface area contributed by atoms with Crippen LogP contribution in [0.4, 0.5) is 10.2 Å². The lowest BCUT2D eigenvalue weighted by Gasteiger charge is -2.10. The lowest BCUT2D eigenvalue weighted by atomic mass is 10.1. The van der Waals surface area contributed by atoms with Gasteiger partial charge >= 0.3 is 0 Å². The van der Waals surface area contributed by atoms with Gasteiger partial charge in [0.2, 0.25) is 0 Å². The number of rotatable bonds is 5. The van der Waals surface area contributed by atoms with Crippen LogP contribution in [0, 0.1) is 19.7 Å². The van der Waals surface area contributed by atoms with Crippen LogP contribution in [-0.2, 0) is 11.3 Å². The molecule has 7 heteroatoms. The van der Waals surface area contributed by atoms with E-state index in [1.54, 1.807) is 18.5 Å². The Morgan fingerprint density at radius 2 is 2.04 bits per heavy atom. The molecule has 0 aliphatic carbocycles. The zero-order valence-corrected chi connectivity index (χ0v) is 15.4. The molecule has 2 aromatic heterocycles. The third-order valence-electron chi connectivity index (χ3n) is 4.99. The highest BCUT2D eigenvalue weighted by Gasteiger charge is 2.19. The van der Waals surface area contributed by atoms with Gasteiger partial charge in [-0.25, -0.2) is 19.0 Å². The molecule has 1 aromatic carbocycles. The number of benzene rings is 1. The van der Waals surface area contributed by atoms with Crippen molar-refractivity contribution in [2.45, 2.75) is 32.7 Å². The number of halogens is 1. The van der Waals surface area contributed by atoms with Gasteiger partial charge in [0.25, 0.3) is 0 Å². The second-order valence-electron chi connectivity index (χ2n) is 6.78. The highest BCUT2D eigenvalue weighted by Crippen LogP contribution is 2.25. The Morgan fingerprint density at radius 3 is 2.78 bits per heavy atom. The third kappa shape index (κ3) is 3.68. The van der Waals surface area contributed by atoms with Gasteiger partial charge in [-0.3, -0.25) is 0 Å². The van der Waals surface area contributed by atoms with Gasteiger partial charge in [0.15, 0.2) is 0 Å². The average Bonchev–Trinajstić information content (AvgIpc) is 3.30. The molecule has 0 saturated carbocycles. The Morgan fingerprint density at radius 1 is 1.22 bits per heavy atom. The van der Waals surface area contributed by atoms with E-state index in [4.69, 9.17) is 4.74 Å². The van der Waals surface area contributed by atoms with Crippen LogP contribution in [0.1, 0.15) is 35.0 Å². The second kappa shape index (κ2) is 7.44. The number of hydrogen-bond donors (Lipinski definition) is 1. The number of nitrogens with one attached hydrogen (secondary N) is 1. The van der Waals surface area contributed by atoms with Crippen molar-refractivity contribution < 1.29 is 9.13 Å². The molecule has 0 spiro atoms. The molecule has 1 N–H and O–H groups in total. The van der Waals surface area contributed by atoms with E-state index < -0.39 is 0 Å². The molecule has 1 aliphatic rings. The van der Waals surface area contributed by atoms with Crippen LogP contribution >= 0.6 is 0 Å². The van der Waals surface area contributed by atoms with Crippen molar-refractivity contribution >= 4 is 5.82 Å². The first-order valence-corrected chi connectivity index (χ1v) is 9.06. The normalized spacial score (nSPS) is 16.6. The van der Waals surface area contributed by atoms with Gasteiger partial charge in [-0.05, 0) is 44.5 Å². The van der Waals surface area contributed by atoms with Crippen LogP contribution in [0.25, 0.3) is 5.69 Å². The van der Waals surface area contributed by atoms with Gasteiger partial charge in [0.1, 0.15) is 18.0 Å². The molecule has 0 bridgehead atoms. The summed E-state index contributed by atoms with van der Waals surface area (Å²) in [7, 11) is 0. The minimum absolute atomic E-state index is 0.255. The number of hydrogen-bond acceptors (Lipinski definition) is 5. The fourth-order valence-corrected chi connectivity index (χ4v) is 3.40. The summed E-state index contributed by atoms with van der Waals surface area (Å²) in [5.41, 5.74) is 4.91. The maximum atomic E-state index is 13.2. The third-order valence-corrected chi connectivity index (χ3v) is 4.99. The van der Waals surface area contributed by atoms with Gasteiger partial charge in [0.05, 0.1) is 23.7 Å². The molecule has 3 heterocycles. The first kappa shape index (κ1) is 17.6. The SMILES string of the molecule is Cc1nn(-c2ccc(F)cc2)c(C)c1CNc1cc([C@H]2CCOC2)ncn1. The van der Waals surface area contributed by atoms with Crippen molar-refractivity contribution in [1.29, 1.82) is 0 Å². The molecule has 140 valence electrons. The number of aromatic nitrogens is 4. The molecule has 6 nitrogen and oxygen atoms in total. The number of nitrogens with zero attached hydrogens (tertiary/aromatic N) is 4. The van der Waals surface area contributed by atoms with Crippen LogP contribution < -0.4 is 5.32 Å². The molecule has 3 aromatic rings. The zero-order valence-electron chi connectivity index (χ0n) is 15.4. The lowest BCUT2D eigenvalue weighted by molar-refractivity contribution is 0.193. The van der Waals surface area contributed by atoms with Gasteiger partial charge in [-0.1, -0.05) is 0 Å². The van der Waals surface area contributed by atoms with Crippen molar-refractivity contribution in [3.05, 3.63) is 65.1 Å². The molecule has 1 saturated heterocycles. The van der Waals surface area contributed by atoms with E-state index in [-0.39, 0.29) is 5.82 Å². The molecule has 1 atom stereocenters. The monoisotopic (exact) mass is 367 g/mol. The van der Waals surface area contributed by atoms with E-state index in [2.05, 4.69) is 20.4 Å². The highest BCUT2D eigenvalue weighted by molar-refractivity contribution is 5.41. The van der Waals surface area contributed by atoms with Crippen LogP contribution in [0.2, 0.25) is 0 Å². The fraction of sp³-hybridized carbons (Fsp3) is 0.350. The van der Waals surface area contributed by atoms with Gasteiger partial charge in [-0.15, -0.1) is 0 Å². The van der Waals surface area contributed by atoms with Gasteiger partial charge < -0.3 is 10.1 Å².